The highest BCUT2D eigenvalue weighted by molar-refractivity contribution is 5.97. The number of ketones is 1. The van der Waals surface area contributed by atoms with Gasteiger partial charge in [0.1, 0.15) is 4.92 Å². The summed E-state index contributed by atoms with van der Waals surface area (Å²) in [6.07, 6.45) is 4.82. The van der Waals surface area contributed by atoms with Crippen LogP contribution < -0.4 is 0 Å². The minimum atomic E-state index is -0.690. The Bertz CT molecular complexity index is 793. The number of furan rings is 1. The largest absolute Gasteiger partial charge is 0.433 e. The minimum absolute atomic E-state index is 0.0811. The first-order valence-corrected chi connectivity index (χ1v) is 7.52. The molecule has 24 heavy (non-hydrogen) atoms. The lowest BCUT2D eigenvalue weighted by molar-refractivity contribution is -0.402. The van der Waals surface area contributed by atoms with Gasteiger partial charge in [0, 0.05) is 32.3 Å². The van der Waals surface area contributed by atoms with Gasteiger partial charge >= 0.3 is 5.88 Å². The van der Waals surface area contributed by atoms with Crippen LogP contribution in [0.2, 0.25) is 0 Å². The van der Waals surface area contributed by atoms with Crippen molar-refractivity contribution in [2.45, 2.75) is 25.3 Å². The molecule has 3 rings (SSSR count). The van der Waals surface area contributed by atoms with Crippen LogP contribution in [-0.2, 0) is 7.05 Å². The fourth-order valence-electron chi connectivity index (χ4n) is 2.89. The highest BCUT2D eigenvalue weighted by Crippen LogP contribution is 2.25. The fraction of sp³-hybridized carbons (Fsp3) is 0.400. The van der Waals surface area contributed by atoms with Gasteiger partial charge in [-0.1, -0.05) is 0 Å². The smallest absolute Gasteiger partial charge is 0.395 e. The monoisotopic (exact) mass is 332 g/mol. The third kappa shape index (κ3) is 3.05. The van der Waals surface area contributed by atoms with Crippen LogP contribution >= 0.6 is 0 Å². The van der Waals surface area contributed by atoms with Crippen LogP contribution in [0.3, 0.4) is 0 Å². The van der Waals surface area contributed by atoms with E-state index < -0.39 is 16.7 Å². The van der Waals surface area contributed by atoms with Gasteiger partial charge in [-0.05, 0) is 18.9 Å². The van der Waals surface area contributed by atoms with Gasteiger partial charge in [-0.2, -0.15) is 5.10 Å². The van der Waals surface area contributed by atoms with E-state index in [2.05, 4.69) is 5.10 Å². The van der Waals surface area contributed by atoms with Crippen molar-refractivity contribution in [1.29, 1.82) is 0 Å². The number of Topliss-reactive ketones (excluding diaryl/α,β-unsaturated/α-hetero) is 1. The Balaban J connectivity index is 1.71. The summed E-state index contributed by atoms with van der Waals surface area (Å²) in [5.41, 5.74) is 0.505. The third-order valence-electron chi connectivity index (χ3n) is 4.07. The zero-order chi connectivity index (χ0) is 17.3. The lowest BCUT2D eigenvalue weighted by Crippen LogP contribution is -2.36. The molecule has 126 valence electrons. The van der Waals surface area contributed by atoms with Crippen LogP contribution in [0.15, 0.2) is 28.9 Å². The standard InChI is InChI=1S/C15H16N4O5/c1-17-9-10(8-16-17)12(20)7-11-3-2-6-18(11)15(21)13-4-5-14(24-13)19(22)23/h4-5,8-9,11H,2-3,6-7H2,1H3/t11-/m1/s1. The van der Waals surface area contributed by atoms with Crippen molar-refractivity contribution in [1.82, 2.24) is 14.7 Å². The van der Waals surface area contributed by atoms with E-state index in [-0.39, 0.29) is 24.0 Å². The minimum Gasteiger partial charge on any atom is -0.395 e. The van der Waals surface area contributed by atoms with Crippen molar-refractivity contribution in [3.05, 3.63) is 46.0 Å². The molecule has 0 aromatic carbocycles. The van der Waals surface area contributed by atoms with Crippen LogP contribution in [0.1, 0.15) is 40.2 Å². The van der Waals surface area contributed by atoms with E-state index in [1.807, 2.05) is 0 Å². The molecule has 0 radical (unpaired) electrons. The molecule has 1 atom stereocenters. The topological polar surface area (TPSA) is 111 Å². The van der Waals surface area contributed by atoms with Crippen LogP contribution in [0.5, 0.6) is 0 Å². The first kappa shape index (κ1) is 15.9. The van der Waals surface area contributed by atoms with Gasteiger partial charge < -0.3 is 9.32 Å². The summed E-state index contributed by atoms with van der Waals surface area (Å²) >= 11 is 0. The molecule has 9 heteroatoms. The average Bonchev–Trinajstić information content (AvgIpc) is 3.26. The predicted molar refractivity (Wildman–Crippen MR) is 81.6 cm³/mol. The molecule has 9 nitrogen and oxygen atoms in total. The summed E-state index contributed by atoms with van der Waals surface area (Å²) in [5, 5.41) is 14.6. The number of hydrogen-bond donors (Lipinski definition) is 0. The van der Waals surface area contributed by atoms with Gasteiger partial charge in [0.05, 0.1) is 17.8 Å². The normalized spacial score (nSPS) is 17.2. The van der Waals surface area contributed by atoms with Gasteiger partial charge in [-0.15, -0.1) is 0 Å². The molecule has 0 unspecified atom stereocenters. The Kier molecular flexibility index (Phi) is 4.15. The maximum absolute atomic E-state index is 12.5. The second-order valence-corrected chi connectivity index (χ2v) is 5.72. The maximum Gasteiger partial charge on any atom is 0.433 e. The first-order chi connectivity index (χ1) is 11.5. The Labute approximate surface area is 137 Å². The average molecular weight is 332 g/mol. The van der Waals surface area contributed by atoms with Gasteiger partial charge in [0.2, 0.25) is 0 Å². The summed E-state index contributed by atoms with van der Waals surface area (Å²) in [5.74, 6) is -1.06. The summed E-state index contributed by atoms with van der Waals surface area (Å²) in [6.45, 7) is 0.498. The van der Waals surface area contributed by atoms with Crippen LogP contribution in [-0.4, -0.2) is 43.9 Å². The molecule has 1 saturated heterocycles. The molecule has 0 aliphatic carbocycles. The number of aromatic nitrogens is 2. The molecule has 2 aromatic rings. The number of hydrogen-bond acceptors (Lipinski definition) is 6. The van der Waals surface area contributed by atoms with Crippen LogP contribution in [0.25, 0.3) is 0 Å². The number of nitrogens with zero attached hydrogens (tertiary/aromatic N) is 4. The lowest BCUT2D eigenvalue weighted by atomic mass is 10.0. The van der Waals surface area contributed by atoms with E-state index in [1.165, 1.54) is 12.3 Å². The highest BCUT2D eigenvalue weighted by atomic mass is 16.6. The number of rotatable bonds is 5. The number of carbonyl (C=O) groups excluding carboxylic acids is 2. The quantitative estimate of drug-likeness (QED) is 0.469. The predicted octanol–water partition coefficient (Wildman–Crippen LogP) is 1.80. The first-order valence-electron chi connectivity index (χ1n) is 7.52. The van der Waals surface area contributed by atoms with Crippen molar-refractivity contribution in [2.24, 2.45) is 7.05 Å². The second kappa shape index (κ2) is 6.26. The number of amides is 1. The van der Waals surface area contributed by atoms with Crippen molar-refractivity contribution >= 4 is 17.6 Å². The molecule has 2 aromatic heterocycles. The number of likely N-dealkylation sites (tertiary alicyclic amines) is 1. The maximum atomic E-state index is 12.5. The van der Waals surface area contributed by atoms with Gasteiger partial charge in [0.25, 0.3) is 5.91 Å². The summed E-state index contributed by atoms with van der Waals surface area (Å²) in [4.78, 5) is 36.3. The number of aryl methyl sites for hydroxylation is 1. The van der Waals surface area contributed by atoms with Crippen molar-refractivity contribution in [2.75, 3.05) is 6.54 Å². The molecule has 3 heterocycles. The van der Waals surface area contributed by atoms with Gasteiger partial charge in [0.15, 0.2) is 11.5 Å². The zero-order valence-corrected chi connectivity index (χ0v) is 13.0. The molecule has 0 bridgehead atoms. The molecule has 1 aliphatic heterocycles. The molecular weight excluding hydrogens is 316 g/mol. The summed E-state index contributed by atoms with van der Waals surface area (Å²) in [7, 11) is 1.73. The van der Waals surface area contributed by atoms with Crippen molar-refractivity contribution < 1.29 is 18.9 Å². The molecule has 0 saturated carbocycles. The van der Waals surface area contributed by atoms with E-state index in [4.69, 9.17) is 4.42 Å². The Morgan fingerprint density at radius 3 is 2.88 bits per heavy atom. The molecule has 1 fully saturated rings. The summed E-state index contributed by atoms with van der Waals surface area (Å²) in [6, 6.07) is 2.20. The molecular formula is C15H16N4O5. The molecule has 0 N–H and O–H groups in total. The van der Waals surface area contributed by atoms with Crippen LogP contribution in [0.4, 0.5) is 5.88 Å². The summed E-state index contributed by atoms with van der Waals surface area (Å²) < 4.78 is 6.52. The van der Waals surface area contributed by atoms with E-state index in [0.717, 1.165) is 12.5 Å². The third-order valence-corrected chi connectivity index (χ3v) is 4.07. The Morgan fingerprint density at radius 1 is 1.46 bits per heavy atom. The SMILES string of the molecule is Cn1cc(C(=O)C[C@H]2CCCN2C(=O)c2ccc([N+](=O)[O-])o2)cn1. The molecule has 1 aliphatic rings. The lowest BCUT2D eigenvalue weighted by Gasteiger charge is -2.23. The van der Waals surface area contributed by atoms with Crippen LogP contribution in [0, 0.1) is 10.1 Å². The van der Waals surface area contributed by atoms with Gasteiger partial charge in [-0.3, -0.25) is 24.4 Å². The zero-order valence-electron chi connectivity index (χ0n) is 13.0. The molecule has 0 spiro atoms. The highest BCUT2D eigenvalue weighted by Gasteiger charge is 2.33. The fourth-order valence-corrected chi connectivity index (χ4v) is 2.89. The number of carbonyl (C=O) groups is 2. The van der Waals surface area contributed by atoms with E-state index in [9.17, 15) is 19.7 Å². The molecule has 1 amide bonds. The van der Waals surface area contributed by atoms with Crippen molar-refractivity contribution in [3.63, 3.8) is 0 Å². The number of nitro groups is 1. The second-order valence-electron chi connectivity index (χ2n) is 5.72. The van der Waals surface area contributed by atoms with E-state index in [1.54, 1.807) is 22.8 Å². The Morgan fingerprint density at radius 2 is 2.25 bits per heavy atom. The van der Waals surface area contributed by atoms with E-state index in [0.29, 0.717) is 18.5 Å². The van der Waals surface area contributed by atoms with Crippen molar-refractivity contribution in [3.8, 4) is 0 Å². The van der Waals surface area contributed by atoms with Gasteiger partial charge in [-0.25, -0.2) is 0 Å². The van der Waals surface area contributed by atoms with E-state index >= 15 is 0 Å². The Hall–Kier alpha value is -2.97.